The van der Waals surface area contributed by atoms with E-state index in [4.69, 9.17) is 27.7 Å². The smallest absolute Gasteiger partial charge is 0.259 e. The highest BCUT2D eigenvalue weighted by atomic mass is 35.5. The van der Waals surface area contributed by atoms with E-state index in [2.05, 4.69) is 15.5 Å². The molecule has 1 fully saturated rings. The Morgan fingerprint density at radius 2 is 2.16 bits per heavy atom. The van der Waals surface area contributed by atoms with Gasteiger partial charge in [-0.1, -0.05) is 40.8 Å². The van der Waals surface area contributed by atoms with Crippen molar-refractivity contribution in [3.05, 3.63) is 34.1 Å². The van der Waals surface area contributed by atoms with Crippen molar-refractivity contribution in [2.24, 2.45) is 0 Å². The molecule has 4 nitrogen and oxygen atoms in total. The van der Waals surface area contributed by atoms with Crippen LogP contribution in [0, 0.1) is 0 Å². The van der Waals surface area contributed by atoms with Crippen molar-refractivity contribution in [3.8, 4) is 11.5 Å². The molecule has 1 saturated heterocycles. The summed E-state index contributed by atoms with van der Waals surface area (Å²) in [5, 5.41) is 8.34. The van der Waals surface area contributed by atoms with Gasteiger partial charge in [-0.3, -0.25) is 0 Å². The Bertz CT molecular complexity index is 579. The monoisotopic (exact) mass is 297 g/mol. The van der Waals surface area contributed by atoms with Crippen molar-refractivity contribution in [1.82, 2.24) is 15.5 Å². The summed E-state index contributed by atoms with van der Waals surface area (Å²) in [6.07, 6.45) is 3.41. The van der Waals surface area contributed by atoms with E-state index in [0.717, 1.165) is 13.0 Å². The van der Waals surface area contributed by atoms with Crippen LogP contribution in [-0.4, -0.2) is 16.7 Å². The summed E-state index contributed by atoms with van der Waals surface area (Å²) in [5.74, 6) is 1.10. The van der Waals surface area contributed by atoms with Crippen molar-refractivity contribution in [2.45, 2.75) is 25.3 Å². The predicted octanol–water partition coefficient (Wildman–Crippen LogP) is 3.86. The Morgan fingerprint density at radius 1 is 1.26 bits per heavy atom. The van der Waals surface area contributed by atoms with Gasteiger partial charge in [0.2, 0.25) is 0 Å². The molecule has 0 spiro atoms. The highest BCUT2D eigenvalue weighted by Gasteiger charge is 2.21. The molecule has 1 unspecified atom stereocenters. The molecular formula is C13H13Cl2N3O. The molecule has 1 atom stereocenters. The number of nitrogens with one attached hydrogen (secondary N) is 1. The first-order valence-electron chi connectivity index (χ1n) is 6.27. The Kier molecular flexibility index (Phi) is 3.73. The molecule has 6 heteroatoms. The summed E-state index contributed by atoms with van der Waals surface area (Å²) in [4.78, 5) is 4.42. The lowest BCUT2D eigenvalue weighted by Crippen LogP contribution is -2.27. The topological polar surface area (TPSA) is 51.0 Å². The first-order valence-corrected chi connectivity index (χ1v) is 7.02. The number of aromatic nitrogens is 2. The first kappa shape index (κ1) is 12.9. The molecule has 1 aromatic heterocycles. The number of halogens is 2. The molecule has 0 saturated carbocycles. The van der Waals surface area contributed by atoms with Crippen LogP contribution in [0.3, 0.4) is 0 Å². The number of hydrogen-bond acceptors (Lipinski definition) is 4. The first-order chi connectivity index (χ1) is 9.25. The number of hydrogen-bond donors (Lipinski definition) is 1. The highest BCUT2D eigenvalue weighted by molar-refractivity contribution is 6.43. The van der Waals surface area contributed by atoms with Gasteiger partial charge in [0.15, 0.2) is 5.82 Å². The van der Waals surface area contributed by atoms with Crippen LogP contribution in [0.15, 0.2) is 22.7 Å². The van der Waals surface area contributed by atoms with Gasteiger partial charge in [-0.15, -0.1) is 0 Å². The summed E-state index contributed by atoms with van der Waals surface area (Å²) in [6.45, 7) is 0.993. The van der Waals surface area contributed by atoms with Crippen molar-refractivity contribution in [3.63, 3.8) is 0 Å². The fourth-order valence-electron chi connectivity index (χ4n) is 2.23. The molecule has 100 valence electrons. The molecule has 1 aliphatic heterocycles. The summed E-state index contributed by atoms with van der Waals surface area (Å²) in [6, 6.07) is 5.53. The van der Waals surface area contributed by atoms with E-state index < -0.39 is 0 Å². The predicted molar refractivity (Wildman–Crippen MR) is 74.3 cm³/mol. The van der Waals surface area contributed by atoms with Crippen molar-refractivity contribution in [1.29, 1.82) is 0 Å². The Balaban J connectivity index is 1.90. The third kappa shape index (κ3) is 2.61. The van der Waals surface area contributed by atoms with E-state index in [1.54, 1.807) is 6.07 Å². The van der Waals surface area contributed by atoms with Gasteiger partial charge in [-0.2, -0.15) is 4.98 Å². The molecule has 1 aromatic carbocycles. The fourth-order valence-corrected chi connectivity index (χ4v) is 2.61. The lowest BCUT2D eigenvalue weighted by atomic mass is 10.0. The molecule has 0 amide bonds. The lowest BCUT2D eigenvalue weighted by molar-refractivity contribution is 0.367. The van der Waals surface area contributed by atoms with Crippen molar-refractivity contribution in [2.75, 3.05) is 6.54 Å². The molecule has 0 bridgehead atoms. The largest absolute Gasteiger partial charge is 0.334 e. The summed E-state index contributed by atoms with van der Waals surface area (Å²) >= 11 is 12.1. The van der Waals surface area contributed by atoms with Gasteiger partial charge in [-0.05, 0) is 31.5 Å². The molecule has 0 aliphatic carbocycles. The average Bonchev–Trinajstić information content (AvgIpc) is 2.92. The van der Waals surface area contributed by atoms with E-state index in [-0.39, 0.29) is 6.04 Å². The Morgan fingerprint density at radius 3 is 2.95 bits per heavy atom. The van der Waals surface area contributed by atoms with Crippen LogP contribution in [0.5, 0.6) is 0 Å². The van der Waals surface area contributed by atoms with Crippen molar-refractivity contribution >= 4 is 23.2 Å². The van der Waals surface area contributed by atoms with Crippen LogP contribution in [0.2, 0.25) is 10.0 Å². The maximum absolute atomic E-state index is 6.15. The second-order valence-corrected chi connectivity index (χ2v) is 5.35. The second-order valence-electron chi connectivity index (χ2n) is 4.56. The second kappa shape index (κ2) is 5.49. The number of nitrogens with zero attached hydrogens (tertiary/aromatic N) is 2. The lowest BCUT2D eigenvalue weighted by Gasteiger charge is -2.19. The van der Waals surface area contributed by atoms with E-state index in [0.29, 0.717) is 27.3 Å². The molecular weight excluding hydrogens is 285 g/mol. The maximum Gasteiger partial charge on any atom is 0.259 e. The highest BCUT2D eigenvalue weighted by Crippen LogP contribution is 2.33. The van der Waals surface area contributed by atoms with Gasteiger partial charge >= 0.3 is 0 Å². The number of piperidine rings is 1. The van der Waals surface area contributed by atoms with Gasteiger partial charge in [0, 0.05) is 0 Å². The minimum absolute atomic E-state index is 0.171. The minimum Gasteiger partial charge on any atom is -0.334 e. The zero-order chi connectivity index (χ0) is 13.2. The number of rotatable bonds is 2. The van der Waals surface area contributed by atoms with Crippen LogP contribution in [0.4, 0.5) is 0 Å². The molecule has 1 N–H and O–H groups in total. The van der Waals surface area contributed by atoms with E-state index in [1.807, 2.05) is 12.1 Å². The maximum atomic E-state index is 6.15. The Hall–Kier alpha value is -1.10. The van der Waals surface area contributed by atoms with E-state index >= 15 is 0 Å². The SMILES string of the molecule is Clc1cccc(-c2nc(C3CCCCN3)no2)c1Cl. The third-order valence-corrected chi connectivity index (χ3v) is 4.06. The number of benzene rings is 1. The van der Waals surface area contributed by atoms with Crippen LogP contribution in [0.25, 0.3) is 11.5 Å². The average molecular weight is 298 g/mol. The Labute approximate surface area is 121 Å². The van der Waals surface area contributed by atoms with Gasteiger partial charge in [0.1, 0.15) is 0 Å². The van der Waals surface area contributed by atoms with Crippen LogP contribution in [-0.2, 0) is 0 Å². The molecule has 2 heterocycles. The summed E-state index contributed by atoms with van der Waals surface area (Å²) in [5.41, 5.74) is 0.670. The zero-order valence-corrected chi connectivity index (χ0v) is 11.7. The van der Waals surface area contributed by atoms with Gasteiger partial charge in [0.25, 0.3) is 5.89 Å². The summed E-state index contributed by atoms with van der Waals surface area (Å²) < 4.78 is 5.30. The standard InChI is InChI=1S/C13H13Cl2N3O/c14-9-5-3-4-8(11(9)15)13-17-12(18-19-13)10-6-1-2-7-16-10/h3-5,10,16H,1-2,6-7H2. The van der Waals surface area contributed by atoms with Crippen LogP contribution >= 0.6 is 23.2 Å². The van der Waals surface area contributed by atoms with Gasteiger partial charge in [-0.25, -0.2) is 0 Å². The third-order valence-electron chi connectivity index (χ3n) is 3.25. The molecule has 3 rings (SSSR count). The quantitative estimate of drug-likeness (QED) is 0.914. The van der Waals surface area contributed by atoms with Crippen LogP contribution in [0.1, 0.15) is 31.1 Å². The fraction of sp³-hybridized carbons (Fsp3) is 0.385. The molecule has 19 heavy (non-hydrogen) atoms. The molecule has 0 radical (unpaired) electrons. The van der Waals surface area contributed by atoms with Crippen LogP contribution < -0.4 is 5.32 Å². The summed E-state index contributed by atoms with van der Waals surface area (Å²) in [7, 11) is 0. The van der Waals surface area contributed by atoms with E-state index in [1.165, 1.54) is 12.8 Å². The zero-order valence-electron chi connectivity index (χ0n) is 10.2. The van der Waals surface area contributed by atoms with Gasteiger partial charge < -0.3 is 9.84 Å². The normalized spacial score (nSPS) is 19.6. The van der Waals surface area contributed by atoms with Gasteiger partial charge in [0.05, 0.1) is 21.7 Å². The minimum atomic E-state index is 0.171. The van der Waals surface area contributed by atoms with E-state index in [9.17, 15) is 0 Å². The molecule has 1 aliphatic rings. The molecule has 2 aromatic rings. The van der Waals surface area contributed by atoms with Crippen molar-refractivity contribution < 1.29 is 4.52 Å².